The van der Waals surface area contributed by atoms with Gasteiger partial charge in [0.2, 0.25) is 0 Å². The van der Waals surface area contributed by atoms with Gasteiger partial charge in [-0.2, -0.15) is 0 Å². The fraction of sp³-hybridized carbons (Fsp3) is 0.190. The van der Waals surface area contributed by atoms with Crippen LogP contribution in [0.2, 0.25) is 0 Å². The van der Waals surface area contributed by atoms with E-state index in [4.69, 9.17) is 0 Å². The van der Waals surface area contributed by atoms with Gasteiger partial charge in [0.25, 0.3) is 0 Å². The minimum Gasteiger partial charge on any atom is -0.125 e. The highest BCUT2D eigenvalue weighted by molar-refractivity contribution is 5.59. The third-order valence-corrected chi connectivity index (χ3v) is 3.13. The molecule has 0 heteroatoms. The molecule has 0 aliphatic carbocycles. The maximum atomic E-state index is 3.26. The Kier molecular flexibility index (Phi) is 6.14. The van der Waals surface area contributed by atoms with Crippen LogP contribution < -0.4 is 0 Å². The first-order chi connectivity index (χ1) is 10.4. The molecule has 0 heterocycles. The van der Waals surface area contributed by atoms with Crippen molar-refractivity contribution < 1.29 is 0 Å². The molecule has 2 aromatic carbocycles. The molecule has 0 aliphatic heterocycles. The van der Waals surface area contributed by atoms with Crippen LogP contribution >= 0.6 is 0 Å². The van der Waals surface area contributed by atoms with E-state index in [0.717, 1.165) is 23.1 Å². The molecule has 2 aromatic rings. The Balaban J connectivity index is 2.18. The summed E-state index contributed by atoms with van der Waals surface area (Å²) in [7, 11) is 0. The number of hydrogen-bond acceptors (Lipinski definition) is 0. The van der Waals surface area contributed by atoms with Crippen LogP contribution in [0.25, 0.3) is 6.08 Å². The summed E-state index contributed by atoms with van der Waals surface area (Å²) in [6.45, 7) is 2.20. The van der Waals surface area contributed by atoms with Gasteiger partial charge in [0, 0.05) is 11.1 Å². The van der Waals surface area contributed by atoms with Crippen LogP contribution in [0, 0.1) is 11.8 Å². The van der Waals surface area contributed by atoms with Crippen molar-refractivity contribution in [1.82, 2.24) is 0 Å². The predicted octanol–water partition coefficient (Wildman–Crippen LogP) is 5.44. The van der Waals surface area contributed by atoms with Gasteiger partial charge in [0.1, 0.15) is 0 Å². The van der Waals surface area contributed by atoms with Crippen molar-refractivity contribution in [2.75, 3.05) is 0 Å². The second kappa shape index (κ2) is 8.64. The minimum absolute atomic E-state index is 1.04. The molecule has 0 N–H and O–H groups in total. The van der Waals surface area contributed by atoms with E-state index >= 15 is 0 Å². The van der Waals surface area contributed by atoms with Crippen molar-refractivity contribution in [1.29, 1.82) is 0 Å². The van der Waals surface area contributed by atoms with Gasteiger partial charge in [-0.05, 0) is 48.8 Å². The molecule has 0 nitrogen and oxygen atoms in total. The van der Waals surface area contributed by atoms with Gasteiger partial charge in [0.15, 0.2) is 0 Å². The van der Waals surface area contributed by atoms with Crippen LogP contribution in [0.4, 0.5) is 0 Å². The summed E-state index contributed by atoms with van der Waals surface area (Å²) < 4.78 is 0. The Morgan fingerprint density at radius 3 is 2.48 bits per heavy atom. The maximum Gasteiger partial charge on any atom is 0.0327 e. The van der Waals surface area contributed by atoms with Crippen LogP contribution in [0.3, 0.4) is 0 Å². The van der Waals surface area contributed by atoms with Gasteiger partial charge >= 0.3 is 0 Å². The van der Waals surface area contributed by atoms with Gasteiger partial charge in [-0.25, -0.2) is 0 Å². The van der Waals surface area contributed by atoms with Gasteiger partial charge in [-0.15, -0.1) is 5.73 Å². The number of allylic oxidation sites excluding steroid dienone is 1. The molecule has 21 heavy (non-hydrogen) atoms. The lowest BCUT2D eigenvalue weighted by Crippen LogP contribution is -1.81. The quantitative estimate of drug-likeness (QED) is 0.394. The zero-order valence-electron chi connectivity index (χ0n) is 12.5. The maximum absolute atomic E-state index is 3.26. The number of unbranched alkanes of at least 4 members (excludes halogenated alkanes) is 2. The average Bonchev–Trinajstić information content (AvgIpc) is 2.55. The second-order valence-electron chi connectivity index (χ2n) is 4.86. The summed E-state index contributed by atoms with van der Waals surface area (Å²) in [5, 5.41) is 0. The first-order valence-corrected chi connectivity index (χ1v) is 7.47. The molecule has 0 bridgehead atoms. The molecule has 0 saturated heterocycles. The molecule has 0 aliphatic rings. The smallest absolute Gasteiger partial charge is 0.0327 e. The Morgan fingerprint density at radius 1 is 0.905 bits per heavy atom. The lowest BCUT2D eigenvalue weighted by atomic mass is 10.1. The third kappa shape index (κ3) is 5.19. The Morgan fingerprint density at radius 2 is 1.67 bits per heavy atom. The highest BCUT2D eigenvalue weighted by atomic mass is 14.0. The monoisotopic (exact) mass is 272 g/mol. The van der Waals surface area contributed by atoms with Crippen molar-refractivity contribution in [3.05, 3.63) is 83.1 Å². The summed E-state index contributed by atoms with van der Waals surface area (Å²) in [6, 6.07) is 18.2. The average molecular weight is 272 g/mol. The Hall–Kier alpha value is -2.48. The lowest BCUT2D eigenvalue weighted by Gasteiger charge is -1.96. The van der Waals surface area contributed by atoms with Crippen molar-refractivity contribution >= 4 is 6.08 Å². The Labute approximate surface area is 127 Å². The standard InChI is InChI=1S/C21H20/c1-2-3-4-5-9-14-20-15-10-11-16-21(20)18-17-19-12-7-6-8-13-19/h5-8,10-16H,2-4H2,1H3. The molecule has 0 spiro atoms. The van der Waals surface area contributed by atoms with E-state index in [2.05, 4.69) is 42.7 Å². The molecule has 0 radical (unpaired) electrons. The molecule has 0 aromatic heterocycles. The van der Waals surface area contributed by atoms with E-state index in [1.54, 1.807) is 0 Å². The minimum atomic E-state index is 1.04. The van der Waals surface area contributed by atoms with Crippen LogP contribution in [0.5, 0.6) is 0 Å². The molecule has 0 saturated carbocycles. The van der Waals surface area contributed by atoms with Crippen molar-refractivity contribution in [2.24, 2.45) is 0 Å². The number of hydrogen-bond donors (Lipinski definition) is 0. The summed E-state index contributed by atoms with van der Waals surface area (Å²) >= 11 is 0. The highest BCUT2D eigenvalue weighted by Crippen LogP contribution is 2.09. The van der Waals surface area contributed by atoms with Gasteiger partial charge in [-0.3, -0.25) is 0 Å². The molecular formula is C21H20. The molecule has 104 valence electrons. The Bertz CT molecular complexity index is 675. The van der Waals surface area contributed by atoms with Crippen molar-refractivity contribution in [3.63, 3.8) is 0 Å². The summed E-state index contributed by atoms with van der Waals surface area (Å²) in [5.41, 5.74) is 6.45. The lowest BCUT2D eigenvalue weighted by molar-refractivity contribution is 0.815. The van der Waals surface area contributed by atoms with E-state index in [0.29, 0.717) is 0 Å². The van der Waals surface area contributed by atoms with Crippen molar-refractivity contribution in [2.45, 2.75) is 26.2 Å². The van der Waals surface area contributed by atoms with Gasteiger partial charge < -0.3 is 0 Å². The van der Waals surface area contributed by atoms with E-state index < -0.39 is 0 Å². The summed E-state index contributed by atoms with van der Waals surface area (Å²) in [4.78, 5) is 0. The van der Waals surface area contributed by atoms with Crippen LogP contribution in [0.15, 0.2) is 66.4 Å². The fourth-order valence-corrected chi connectivity index (χ4v) is 1.94. The zero-order chi connectivity index (χ0) is 14.8. The van der Waals surface area contributed by atoms with Crippen LogP contribution in [0.1, 0.15) is 42.9 Å². The van der Waals surface area contributed by atoms with E-state index in [9.17, 15) is 0 Å². The fourth-order valence-electron chi connectivity index (χ4n) is 1.94. The van der Waals surface area contributed by atoms with E-state index in [1.807, 2.05) is 48.5 Å². The molecule has 0 fully saturated rings. The van der Waals surface area contributed by atoms with Gasteiger partial charge in [0.05, 0.1) is 0 Å². The highest BCUT2D eigenvalue weighted by Gasteiger charge is 1.93. The zero-order valence-corrected chi connectivity index (χ0v) is 12.5. The molecule has 0 atom stereocenters. The molecule has 2 rings (SSSR count). The second-order valence-corrected chi connectivity index (χ2v) is 4.86. The summed E-state index contributed by atoms with van der Waals surface area (Å²) in [6.07, 6.45) is 7.65. The molecule has 0 unspecified atom stereocenters. The van der Waals surface area contributed by atoms with Crippen LogP contribution in [-0.2, 0) is 0 Å². The third-order valence-electron chi connectivity index (χ3n) is 3.13. The predicted molar refractivity (Wildman–Crippen MR) is 90.9 cm³/mol. The number of rotatable bonds is 4. The normalized spacial score (nSPS) is 9.19. The summed E-state index contributed by atoms with van der Waals surface area (Å²) in [5.74, 6) is 6.45. The van der Waals surface area contributed by atoms with E-state index in [-0.39, 0.29) is 0 Å². The molecule has 0 amide bonds. The largest absolute Gasteiger partial charge is 0.125 e. The first-order valence-electron chi connectivity index (χ1n) is 7.47. The van der Waals surface area contributed by atoms with E-state index in [1.165, 1.54) is 12.8 Å². The number of benzene rings is 2. The van der Waals surface area contributed by atoms with Crippen molar-refractivity contribution in [3.8, 4) is 11.8 Å². The molecular weight excluding hydrogens is 252 g/mol. The first kappa shape index (κ1) is 14.9. The van der Waals surface area contributed by atoms with Gasteiger partial charge in [-0.1, -0.05) is 61.6 Å². The topological polar surface area (TPSA) is 0 Å². The van der Waals surface area contributed by atoms with Crippen LogP contribution in [-0.4, -0.2) is 0 Å². The SMILES string of the molecule is CCCCC=C=Cc1ccccc1C#Cc1ccccc1.